The van der Waals surface area contributed by atoms with E-state index < -0.39 is 0 Å². The summed E-state index contributed by atoms with van der Waals surface area (Å²) in [7, 11) is 2.14. The van der Waals surface area contributed by atoms with Gasteiger partial charge in [0.1, 0.15) is 5.76 Å². The fraction of sp³-hybridized carbons (Fsp3) is 0.500. The molecule has 104 valence electrons. The number of aryl methyl sites for hydroxylation is 1. The van der Waals surface area contributed by atoms with Crippen molar-refractivity contribution in [3.05, 3.63) is 40.2 Å². The molecule has 0 aliphatic carbocycles. The molecule has 0 bridgehead atoms. The van der Waals surface area contributed by atoms with E-state index in [9.17, 15) is 0 Å². The second-order valence-corrected chi connectivity index (χ2v) is 5.73. The Kier molecular flexibility index (Phi) is 5.13. The molecule has 0 amide bonds. The number of likely N-dealkylation sites (N-methyl/N-ethyl adjacent to an activating group) is 1. The van der Waals surface area contributed by atoms with Crippen LogP contribution in [0.3, 0.4) is 0 Å². The molecule has 0 saturated heterocycles. The number of aromatic nitrogens is 1. The summed E-state index contributed by atoms with van der Waals surface area (Å²) in [4.78, 5) is 7.93. The molecule has 0 radical (unpaired) electrons. The molecule has 0 aliphatic rings. The SMILES string of the molecule is Cc1ncsc1CN(C)CCNC(C)c1ccco1. The number of thiazole rings is 1. The summed E-state index contributed by atoms with van der Waals surface area (Å²) in [6, 6.07) is 4.18. The minimum absolute atomic E-state index is 0.258. The van der Waals surface area contributed by atoms with Crippen LogP contribution in [0.15, 0.2) is 28.3 Å². The van der Waals surface area contributed by atoms with Gasteiger partial charge in [-0.3, -0.25) is 4.90 Å². The summed E-state index contributed by atoms with van der Waals surface area (Å²) in [6.45, 7) is 7.09. The highest BCUT2D eigenvalue weighted by Crippen LogP contribution is 2.14. The molecule has 2 rings (SSSR count). The minimum atomic E-state index is 0.258. The zero-order chi connectivity index (χ0) is 13.7. The normalized spacial score (nSPS) is 13.1. The molecule has 0 spiro atoms. The van der Waals surface area contributed by atoms with Crippen LogP contribution in [-0.4, -0.2) is 30.0 Å². The van der Waals surface area contributed by atoms with Gasteiger partial charge in [0.25, 0.3) is 0 Å². The quantitative estimate of drug-likeness (QED) is 0.846. The Balaban J connectivity index is 1.69. The number of nitrogens with one attached hydrogen (secondary N) is 1. The zero-order valence-electron chi connectivity index (χ0n) is 11.7. The second kappa shape index (κ2) is 6.84. The summed E-state index contributed by atoms with van der Waals surface area (Å²) in [6.07, 6.45) is 1.71. The van der Waals surface area contributed by atoms with Crippen LogP contribution in [-0.2, 0) is 6.54 Å². The largest absolute Gasteiger partial charge is 0.468 e. The molecule has 2 aromatic heterocycles. The van der Waals surface area contributed by atoms with Crippen LogP contribution < -0.4 is 5.32 Å². The molecule has 1 atom stereocenters. The third-order valence-electron chi connectivity index (χ3n) is 3.17. The van der Waals surface area contributed by atoms with Crippen molar-refractivity contribution >= 4 is 11.3 Å². The van der Waals surface area contributed by atoms with Crippen molar-refractivity contribution in [1.29, 1.82) is 0 Å². The maximum atomic E-state index is 5.37. The molecular weight excluding hydrogens is 258 g/mol. The van der Waals surface area contributed by atoms with E-state index in [-0.39, 0.29) is 6.04 Å². The van der Waals surface area contributed by atoms with Gasteiger partial charge in [0.15, 0.2) is 0 Å². The maximum absolute atomic E-state index is 5.37. The summed E-state index contributed by atoms with van der Waals surface area (Å²) >= 11 is 1.73. The van der Waals surface area contributed by atoms with E-state index in [1.165, 1.54) is 4.88 Å². The van der Waals surface area contributed by atoms with Gasteiger partial charge in [-0.1, -0.05) is 0 Å². The first kappa shape index (κ1) is 14.2. The molecule has 0 aliphatic heterocycles. The van der Waals surface area contributed by atoms with Crippen molar-refractivity contribution in [2.75, 3.05) is 20.1 Å². The molecule has 0 fully saturated rings. The predicted octanol–water partition coefficient (Wildman–Crippen LogP) is 2.83. The van der Waals surface area contributed by atoms with Crippen LogP contribution >= 0.6 is 11.3 Å². The standard InChI is InChI=1S/C14H21N3OS/c1-11(13-5-4-8-18-13)15-6-7-17(3)9-14-12(2)16-10-19-14/h4-5,8,10-11,15H,6-7,9H2,1-3H3. The van der Waals surface area contributed by atoms with Crippen LogP contribution in [0, 0.1) is 6.92 Å². The Bertz CT molecular complexity index is 481. The number of nitrogens with zero attached hydrogens (tertiary/aromatic N) is 2. The monoisotopic (exact) mass is 279 g/mol. The highest BCUT2D eigenvalue weighted by atomic mass is 32.1. The van der Waals surface area contributed by atoms with Gasteiger partial charge >= 0.3 is 0 Å². The third kappa shape index (κ3) is 4.16. The van der Waals surface area contributed by atoms with Gasteiger partial charge in [-0.15, -0.1) is 11.3 Å². The predicted molar refractivity (Wildman–Crippen MR) is 78.3 cm³/mol. The van der Waals surface area contributed by atoms with Crippen molar-refractivity contribution in [2.45, 2.75) is 26.4 Å². The lowest BCUT2D eigenvalue weighted by atomic mass is 10.2. The molecule has 5 heteroatoms. The van der Waals surface area contributed by atoms with Gasteiger partial charge < -0.3 is 9.73 Å². The van der Waals surface area contributed by atoms with E-state index in [2.05, 4.69) is 36.1 Å². The molecule has 4 nitrogen and oxygen atoms in total. The second-order valence-electron chi connectivity index (χ2n) is 4.79. The summed E-state index contributed by atoms with van der Waals surface area (Å²) in [5, 5.41) is 3.46. The van der Waals surface area contributed by atoms with Crippen molar-refractivity contribution in [3.63, 3.8) is 0 Å². The first-order chi connectivity index (χ1) is 9.16. The van der Waals surface area contributed by atoms with Crippen molar-refractivity contribution in [1.82, 2.24) is 15.2 Å². The van der Waals surface area contributed by atoms with Gasteiger partial charge in [0.2, 0.25) is 0 Å². The average Bonchev–Trinajstić information content (AvgIpc) is 3.02. The van der Waals surface area contributed by atoms with Gasteiger partial charge in [-0.25, -0.2) is 4.98 Å². The number of rotatable bonds is 7. The highest BCUT2D eigenvalue weighted by Gasteiger charge is 2.08. The fourth-order valence-electron chi connectivity index (χ4n) is 1.91. The molecule has 0 saturated carbocycles. The van der Waals surface area contributed by atoms with Gasteiger partial charge in [-0.05, 0) is 33.0 Å². The van der Waals surface area contributed by atoms with Crippen LogP contribution in [0.4, 0.5) is 0 Å². The van der Waals surface area contributed by atoms with Crippen molar-refractivity contribution < 1.29 is 4.42 Å². The number of hydrogen-bond acceptors (Lipinski definition) is 5. The van der Waals surface area contributed by atoms with E-state index in [1.54, 1.807) is 17.6 Å². The smallest absolute Gasteiger partial charge is 0.120 e. The van der Waals surface area contributed by atoms with E-state index in [0.717, 1.165) is 31.1 Å². The molecular formula is C14H21N3OS. The summed E-state index contributed by atoms with van der Waals surface area (Å²) in [5.74, 6) is 0.987. The van der Waals surface area contributed by atoms with Crippen LogP contribution in [0.2, 0.25) is 0 Å². The average molecular weight is 279 g/mol. The lowest BCUT2D eigenvalue weighted by Crippen LogP contribution is -2.30. The molecule has 0 aromatic carbocycles. The van der Waals surface area contributed by atoms with Crippen LogP contribution in [0.25, 0.3) is 0 Å². The maximum Gasteiger partial charge on any atom is 0.120 e. The first-order valence-electron chi connectivity index (χ1n) is 6.51. The Morgan fingerprint density at radius 1 is 1.53 bits per heavy atom. The highest BCUT2D eigenvalue weighted by molar-refractivity contribution is 7.09. The van der Waals surface area contributed by atoms with E-state index >= 15 is 0 Å². The lowest BCUT2D eigenvalue weighted by molar-refractivity contribution is 0.315. The zero-order valence-corrected chi connectivity index (χ0v) is 12.5. The fourth-order valence-corrected chi connectivity index (χ4v) is 2.77. The van der Waals surface area contributed by atoms with Crippen molar-refractivity contribution in [2.24, 2.45) is 0 Å². The Labute approximate surface area is 118 Å². The molecule has 2 aromatic rings. The van der Waals surface area contributed by atoms with Crippen LogP contribution in [0.1, 0.15) is 29.3 Å². The molecule has 1 N–H and O–H groups in total. The van der Waals surface area contributed by atoms with E-state index in [0.29, 0.717) is 0 Å². The summed E-state index contributed by atoms with van der Waals surface area (Å²) in [5.41, 5.74) is 3.06. The topological polar surface area (TPSA) is 41.3 Å². The van der Waals surface area contributed by atoms with Gasteiger partial charge in [0.05, 0.1) is 23.5 Å². The summed E-state index contributed by atoms with van der Waals surface area (Å²) < 4.78 is 5.37. The van der Waals surface area contributed by atoms with Crippen LogP contribution in [0.5, 0.6) is 0 Å². The van der Waals surface area contributed by atoms with Crippen molar-refractivity contribution in [3.8, 4) is 0 Å². The minimum Gasteiger partial charge on any atom is -0.468 e. The van der Waals surface area contributed by atoms with E-state index in [1.807, 2.05) is 17.6 Å². The Hall–Kier alpha value is -1.17. The Morgan fingerprint density at radius 3 is 3.00 bits per heavy atom. The van der Waals surface area contributed by atoms with Gasteiger partial charge in [-0.2, -0.15) is 0 Å². The number of hydrogen-bond donors (Lipinski definition) is 1. The molecule has 19 heavy (non-hydrogen) atoms. The Morgan fingerprint density at radius 2 is 2.37 bits per heavy atom. The molecule has 1 unspecified atom stereocenters. The number of furan rings is 1. The molecule has 2 heterocycles. The lowest BCUT2D eigenvalue weighted by Gasteiger charge is -2.18. The first-order valence-corrected chi connectivity index (χ1v) is 7.39. The third-order valence-corrected chi connectivity index (χ3v) is 4.09. The van der Waals surface area contributed by atoms with E-state index in [4.69, 9.17) is 4.42 Å². The van der Waals surface area contributed by atoms with Gasteiger partial charge in [0, 0.05) is 24.5 Å².